The Hall–Kier alpha value is -1.66. The minimum absolute atomic E-state index is 0.0737. The Balaban J connectivity index is 2.06. The van der Waals surface area contributed by atoms with Gasteiger partial charge in [0.05, 0.1) is 6.04 Å². The number of nitrogens with zero attached hydrogens (tertiary/aromatic N) is 3. The van der Waals surface area contributed by atoms with Crippen molar-refractivity contribution in [2.45, 2.75) is 26.4 Å². The second-order valence-electron chi connectivity index (χ2n) is 5.19. The summed E-state index contributed by atoms with van der Waals surface area (Å²) >= 11 is 1.73. The van der Waals surface area contributed by atoms with E-state index in [-0.39, 0.29) is 11.9 Å². The molecular weight excluding hydrogens is 284 g/mol. The monoisotopic (exact) mass is 306 g/mol. The zero-order valence-electron chi connectivity index (χ0n) is 13.0. The predicted octanol–water partition coefficient (Wildman–Crippen LogP) is 2.31. The molecule has 0 saturated carbocycles. The lowest BCUT2D eigenvalue weighted by Crippen LogP contribution is -2.35. The van der Waals surface area contributed by atoms with Crippen LogP contribution < -0.4 is 5.32 Å². The summed E-state index contributed by atoms with van der Waals surface area (Å²) < 4.78 is 1.70. The standard InChI is InChI=1S/C15H22N4OS/c1-5-19-12(6-8-17-19)15(20)16-10-13(18(3)4)14-11(2)7-9-21-14/h6-9,13H,5,10H2,1-4H3,(H,16,20)/t13-/m0/s1. The maximum absolute atomic E-state index is 12.3. The van der Waals surface area contributed by atoms with E-state index in [2.05, 4.69) is 33.7 Å². The van der Waals surface area contributed by atoms with E-state index in [1.54, 1.807) is 28.3 Å². The summed E-state index contributed by atoms with van der Waals surface area (Å²) in [5.74, 6) is -0.0737. The van der Waals surface area contributed by atoms with Gasteiger partial charge in [-0.05, 0) is 51.0 Å². The van der Waals surface area contributed by atoms with E-state index in [1.165, 1.54) is 10.4 Å². The first-order valence-electron chi connectivity index (χ1n) is 7.05. The second kappa shape index (κ2) is 6.87. The third-order valence-electron chi connectivity index (χ3n) is 3.53. The molecule has 0 saturated heterocycles. The zero-order chi connectivity index (χ0) is 15.4. The normalized spacial score (nSPS) is 12.6. The number of hydrogen-bond acceptors (Lipinski definition) is 4. The number of likely N-dealkylation sites (N-methyl/N-ethyl adjacent to an activating group) is 1. The smallest absolute Gasteiger partial charge is 0.269 e. The third kappa shape index (κ3) is 3.51. The van der Waals surface area contributed by atoms with Gasteiger partial charge in [-0.1, -0.05) is 0 Å². The molecule has 0 aliphatic heterocycles. The molecule has 1 N–H and O–H groups in total. The number of carbonyl (C=O) groups excluding carboxylic acids is 1. The van der Waals surface area contributed by atoms with Crippen LogP contribution in [0.25, 0.3) is 0 Å². The van der Waals surface area contributed by atoms with Crippen LogP contribution in [0.1, 0.15) is 33.9 Å². The molecule has 1 atom stereocenters. The minimum Gasteiger partial charge on any atom is -0.349 e. The Kier molecular flexibility index (Phi) is 5.14. The van der Waals surface area contributed by atoms with Crippen LogP contribution >= 0.6 is 11.3 Å². The van der Waals surface area contributed by atoms with Gasteiger partial charge in [0.2, 0.25) is 0 Å². The van der Waals surface area contributed by atoms with Crippen molar-refractivity contribution < 1.29 is 4.79 Å². The summed E-state index contributed by atoms with van der Waals surface area (Å²) in [5, 5.41) is 9.24. The molecular formula is C15H22N4OS. The van der Waals surface area contributed by atoms with Crippen molar-refractivity contribution in [1.29, 1.82) is 0 Å². The van der Waals surface area contributed by atoms with Gasteiger partial charge in [0.1, 0.15) is 5.69 Å². The van der Waals surface area contributed by atoms with Crippen molar-refractivity contribution in [2.24, 2.45) is 0 Å². The molecule has 1 amide bonds. The minimum atomic E-state index is -0.0737. The van der Waals surface area contributed by atoms with Gasteiger partial charge in [0, 0.05) is 24.2 Å². The molecule has 2 heterocycles. The number of hydrogen-bond donors (Lipinski definition) is 1. The Bertz CT molecular complexity index is 602. The van der Waals surface area contributed by atoms with Gasteiger partial charge in [0.15, 0.2) is 0 Å². The number of amides is 1. The number of aryl methyl sites for hydroxylation is 2. The molecule has 0 aromatic carbocycles. The fourth-order valence-electron chi connectivity index (χ4n) is 2.29. The van der Waals surface area contributed by atoms with Gasteiger partial charge < -0.3 is 10.2 Å². The lowest BCUT2D eigenvalue weighted by molar-refractivity contribution is 0.0931. The number of rotatable bonds is 6. The van der Waals surface area contributed by atoms with Crippen LogP contribution in [0.2, 0.25) is 0 Å². The molecule has 0 radical (unpaired) electrons. The molecule has 114 valence electrons. The van der Waals surface area contributed by atoms with Crippen LogP contribution in [0.3, 0.4) is 0 Å². The molecule has 0 spiro atoms. The number of thiophene rings is 1. The largest absolute Gasteiger partial charge is 0.349 e. The Morgan fingerprint density at radius 2 is 2.24 bits per heavy atom. The average Bonchev–Trinajstić information content (AvgIpc) is 3.07. The van der Waals surface area contributed by atoms with Crippen LogP contribution in [-0.4, -0.2) is 41.2 Å². The molecule has 0 bridgehead atoms. The van der Waals surface area contributed by atoms with Crippen molar-refractivity contribution in [3.8, 4) is 0 Å². The van der Waals surface area contributed by atoms with Crippen LogP contribution in [0, 0.1) is 6.92 Å². The average molecular weight is 306 g/mol. The van der Waals surface area contributed by atoms with Gasteiger partial charge in [0.25, 0.3) is 5.91 Å². The molecule has 5 nitrogen and oxygen atoms in total. The van der Waals surface area contributed by atoms with Crippen molar-refractivity contribution in [3.63, 3.8) is 0 Å². The van der Waals surface area contributed by atoms with Gasteiger partial charge in [-0.25, -0.2) is 0 Å². The van der Waals surface area contributed by atoms with E-state index in [0.29, 0.717) is 18.8 Å². The second-order valence-corrected chi connectivity index (χ2v) is 6.14. The highest BCUT2D eigenvalue weighted by Gasteiger charge is 2.19. The first kappa shape index (κ1) is 15.7. The van der Waals surface area contributed by atoms with Crippen LogP contribution in [0.5, 0.6) is 0 Å². The summed E-state index contributed by atoms with van der Waals surface area (Å²) in [7, 11) is 4.07. The third-order valence-corrected chi connectivity index (χ3v) is 4.65. The maximum Gasteiger partial charge on any atom is 0.269 e. The maximum atomic E-state index is 12.3. The van der Waals surface area contributed by atoms with E-state index < -0.39 is 0 Å². The number of carbonyl (C=O) groups is 1. The van der Waals surface area contributed by atoms with Crippen molar-refractivity contribution in [1.82, 2.24) is 20.0 Å². The van der Waals surface area contributed by atoms with E-state index in [1.807, 2.05) is 21.0 Å². The quantitative estimate of drug-likeness (QED) is 0.891. The van der Waals surface area contributed by atoms with Crippen molar-refractivity contribution >= 4 is 17.2 Å². The van der Waals surface area contributed by atoms with Crippen LogP contribution in [0.15, 0.2) is 23.7 Å². The first-order valence-corrected chi connectivity index (χ1v) is 7.93. The zero-order valence-corrected chi connectivity index (χ0v) is 13.8. The van der Waals surface area contributed by atoms with Gasteiger partial charge in [-0.15, -0.1) is 11.3 Å². The summed E-state index contributed by atoms with van der Waals surface area (Å²) in [6.45, 7) is 5.36. The fourth-order valence-corrected chi connectivity index (χ4v) is 3.42. The SMILES string of the molecule is CCn1nccc1C(=O)NC[C@@H](c1sccc1C)N(C)C. The van der Waals surface area contributed by atoms with Crippen LogP contribution in [-0.2, 0) is 6.54 Å². The summed E-state index contributed by atoms with van der Waals surface area (Å²) in [6.07, 6.45) is 1.66. The van der Waals surface area contributed by atoms with Crippen molar-refractivity contribution in [2.75, 3.05) is 20.6 Å². The predicted molar refractivity (Wildman–Crippen MR) is 85.7 cm³/mol. The Morgan fingerprint density at radius 1 is 1.48 bits per heavy atom. The highest BCUT2D eigenvalue weighted by molar-refractivity contribution is 7.10. The highest BCUT2D eigenvalue weighted by atomic mass is 32.1. The summed E-state index contributed by atoms with van der Waals surface area (Å²) in [6, 6.07) is 4.05. The van der Waals surface area contributed by atoms with E-state index in [9.17, 15) is 4.79 Å². The Labute approximate surface area is 129 Å². The van der Waals surface area contributed by atoms with Crippen LogP contribution in [0.4, 0.5) is 0 Å². The van der Waals surface area contributed by atoms with Gasteiger partial charge >= 0.3 is 0 Å². The molecule has 21 heavy (non-hydrogen) atoms. The van der Waals surface area contributed by atoms with E-state index in [0.717, 1.165) is 0 Å². The van der Waals surface area contributed by atoms with Crippen molar-refractivity contribution in [3.05, 3.63) is 39.8 Å². The molecule has 0 aliphatic carbocycles. The first-order chi connectivity index (χ1) is 10.0. The summed E-state index contributed by atoms with van der Waals surface area (Å²) in [4.78, 5) is 15.7. The summed E-state index contributed by atoms with van der Waals surface area (Å²) in [5.41, 5.74) is 1.88. The molecule has 2 aromatic heterocycles. The number of aromatic nitrogens is 2. The molecule has 0 fully saturated rings. The van der Waals surface area contributed by atoms with Gasteiger partial charge in [-0.2, -0.15) is 5.10 Å². The fraction of sp³-hybridized carbons (Fsp3) is 0.467. The molecule has 0 aliphatic rings. The molecule has 0 unspecified atom stereocenters. The van der Waals surface area contributed by atoms with E-state index >= 15 is 0 Å². The van der Waals surface area contributed by atoms with E-state index in [4.69, 9.17) is 0 Å². The highest BCUT2D eigenvalue weighted by Crippen LogP contribution is 2.26. The molecule has 6 heteroatoms. The topological polar surface area (TPSA) is 50.2 Å². The lowest BCUT2D eigenvalue weighted by atomic mass is 10.1. The molecule has 2 rings (SSSR count). The van der Waals surface area contributed by atoms with Gasteiger partial charge in [-0.3, -0.25) is 9.48 Å². The number of nitrogens with one attached hydrogen (secondary N) is 1. The lowest BCUT2D eigenvalue weighted by Gasteiger charge is -2.24. The Morgan fingerprint density at radius 3 is 2.81 bits per heavy atom. The molecule has 2 aromatic rings.